The monoisotopic (exact) mass is 403 g/mol. The van der Waals surface area contributed by atoms with Crippen LogP contribution in [0.15, 0.2) is 42.5 Å². The molecule has 0 aromatic heterocycles. The Labute approximate surface area is 159 Å². The van der Waals surface area contributed by atoms with Gasteiger partial charge in [-0.25, -0.2) is 0 Å². The van der Waals surface area contributed by atoms with E-state index in [0.29, 0.717) is 21.3 Å². The lowest BCUT2D eigenvalue weighted by Crippen LogP contribution is -2.34. The SMILES string of the molecule is Cl.NC(=O)c1ccc(NC(=S)NC(=O)c2cc(Cl)cc(Cl)c2)cc1. The number of hydrogen-bond donors (Lipinski definition) is 3. The first-order valence-electron chi connectivity index (χ1n) is 6.33. The van der Waals surface area contributed by atoms with Crippen LogP contribution in [0.2, 0.25) is 10.0 Å². The summed E-state index contributed by atoms with van der Waals surface area (Å²) in [4.78, 5) is 23.1. The van der Waals surface area contributed by atoms with E-state index in [1.807, 2.05) is 0 Å². The van der Waals surface area contributed by atoms with Crippen molar-refractivity contribution in [3.63, 3.8) is 0 Å². The number of thiocarbonyl (C=S) groups is 1. The van der Waals surface area contributed by atoms with Crippen LogP contribution in [0, 0.1) is 0 Å². The maximum absolute atomic E-state index is 12.1. The third kappa shape index (κ3) is 5.65. The average Bonchev–Trinajstić information content (AvgIpc) is 2.46. The second-order valence-corrected chi connectivity index (χ2v) is 5.79. The molecule has 0 radical (unpaired) electrons. The zero-order valence-electron chi connectivity index (χ0n) is 12.0. The molecular weight excluding hydrogens is 393 g/mol. The van der Waals surface area contributed by atoms with Gasteiger partial charge in [0.2, 0.25) is 5.91 Å². The molecule has 0 spiro atoms. The largest absolute Gasteiger partial charge is 0.366 e. The van der Waals surface area contributed by atoms with Gasteiger partial charge in [-0.3, -0.25) is 14.9 Å². The second kappa shape index (κ2) is 8.84. The molecule has 0 atom stereocenters. The van der Waals surface area contributed by atoms with Crippen LogP contribution in [0.5, 0.6) is 0 Å². The Morgan fingerprint density at radius 1 is 0.958 bits per heavy atom. The van der Waals surface area contributed by atoms with E-state index in [2.05, 4.69) is 10.6 Å². The fourth-order valence-corrected chi connectivity index (χ4v) is 2.48. The number of nitrogens with two attached hydrogens (primary N) is 1. The lowest BCUT2D eigenvalue weighted by molar-refractivity contribution is 0.0975. The molecule has 2 aromatic rings. The Hall–Kier alpha value is -1.86. The van der Waals surface area contributed by atoms with Crippen LogP contribution in [0.25, 0.3) is 0 Å². The van der Waals surface area contributed by atoms with E-state index in [4.69, 9.17) is 41.2 Å². The standard InChI is InChI=1S/C15H11Cl2N3O2S.ClH/c16-10-5-9(6-11(17)7-10)14(22)20-15(23)19-12-3-1-8(2-4-12)13(18)21;/h1-7H,(H2,18,21)(H2,19,20,22,23);1H. The molecule has 0 bridgehead atoms. The summed E-state index contributed by atoms with van der Waals surface area (Å²) in [7, 11) is 0. The van der Waals surface area contributed by atoms with Crippen molar-refractivity contribution in [3.05, 3.63) is 63.6 Å². The van der Waals surface area contributed by atoms with Crippen molar-refractivity contribution in [1.82, 2.24) is 5.32 Å². The number of benzene rings is 2. The number of rotatable bonds is 3. The molecule has 2 aromatic carbocycles. The Morgan fingerprint density at radius 3 is 2.00 bits per heavy atom. The Bertz CT molecular complexity index is 762. The number of hydrogen-bond acceptors (Lipinski definition) is 3. The summed E-state index contributed by atoms with van der Waals surface area (Å²) in [6, 6.07) is 10.8. The lowest BCUT2D eigenvalue weighted by atomic mass is 10.2. The highest BCUT2D eigenvalue weighted by Crippen LogP contribution is 2.19. The van der Waals surface area contributed by atoms with Gasteiger partial charge in [-0.15, -0.1) is 12.4 Å². The number of anilines is 1. The molecule has 0 fully saturated rings. The number of nitrogens with one attached hydrogen (secondary N) is 2. The fraction of sp³-hybridized carbons (Fsp3) is 0. The van der Waals surface area contributed by atoms with Crippen molar-refractivity contribution in [2.24, 2.45) is 5.73 Å². The summed E-state index contributed by atoms with van der Waals surface area (Å²) in [5.41, 5.74) is 6.42. The summed E-state index contributed by atoms with van der Waals surface area (Å²) in [6.45, 7) is 0. The summed E-state index contributed by atoms with van der Waals surface area (Å²) >= 11 is 16.8. The molecule has 2 rings (SSSR count). The number of primary amides is 1. The second-order valence-electron chi connectivity index (χ2n) is 4.51. The summed E-state index contributed by atoms with van der Waals surface area (Å²) in [5.74, 6) is -0.967. The first kappa shape index (κ1) is 20.2. The zero-order chi connectivity index (χ0) is 17.0. The fourth-order valence-electron chi connectivity index (χ4n) is 1.74. The third-order valence-electron chi connectivity index (χ3n) is 2.78. The van der Waals surface area contributed by atoms with Crippen LogP contribution < -0.4 is 16.4 Å². The van der Waals surface area contributed by atoms with Gasteiger partial charge in [0.25, 0.3) is 5.91 Å². The summed E-state index contributed by atoms with van der Waals surface area (Å²) in [6.07, 6.45) is 0. The number of carbonyl (C=O) groups is 2. The molecule has 2 amide bonds. The maximum atomic E-state index is 12.1. The van der Waals surface area contributed by atoms with E-state index in [-0.39, 0.29) is 23.1 Å². The summed E-state index contributed by atoms with van der Waals surface area (Å²) < 4.78 is 0. The van der Waals surface area contributed by atoms with Gasteiger partial charge in [0.15, 0.2) is 5.11 Å². The molecule has 0 aliphatic carbocycles. The molecule has 5 nitrogen and oxygen atoms in total. The highest BCUT2D eigenvalue weighted by molar-refractivity contribution is 7.80. The minimum Gasteiger partial charge on any atom is -0.366 e. The molecule has 24 heavy (non-hydrogen) atoms. The van der Waals surface area contributed by atoms with Crippen molar-refractivity contribution in [2.45, 2.75) is 0 Å². The molecule has 0 aliphatic rings. The van der Waals surface area contributed by atoms with Crippen LogP contribution in [-0.2, 0) is 0 Å². The van der Waals surface area contributed by atoms with Gasteiger partial charge >= 0.3 is 0 Å². The van der Waals surface area contributed by atoms with Gasteiger partial charge in [-0.2, -0.15) is 0 Å². The zero-order valence-corrected chi connectivity index (χ0v) is 15.2. The van der Waals surface area contributed by atoms with Gasteiger partial charge in [0, 0.05) is 26.9 Å². The van der Waals surface area contributed by atoms with Crippen molar-refractivity contribution < 1.29 is 9.59 Å². The van der Waals surface area contributed by atoms with Crippen LogP contribution >= 0.6 is 47.8 Å². The minimum atomic E-state index is -0.523. The van der Waals surface area contributed by atoms with E-state index in [9.17, 15) is 9.59 Å². The van der Waals surface area contributed by atoms with E-state index < -0.39 is 11.8 Å². The number of halogens is 3. The minimum absolute atomic E-state index is 0. The van der Waals surface area contributed by atoms with E-state index >= 15 is 0 Å². The van der Waals surface area contributed by atoms with Crippen LogP contribution in [-0.4, -0.2) is 16.9 Å². The number of carbonyl (C=O) groups excluding carboxylic acids is 2. The molecule has 0 aliphatic heterocycles. The molecule has 4 N–H and O–H groups in total. The molecule has 0 unspecified atom stereocenters. The Morgan fingerprint density at radius 2 is 1.50 bits per heavy atom. The van der Waals surface area contributed by atoms with Crippen molar-refractivity contribution in [2.75, 3.05) is 5.32 Å². The first-order chi connectivity index (χ1) is 10.8. The molecule has 0 saturated carbocycles. The van der Waals surface area contributed by atoms with Crippen molar-refractivity contribution >= 4 is 70.4 Å². The smallest absolute Gasteiger partial charge is 0.257 e. The van der Waals surface area contributed by atoms with E-state index in [1.165, 1.54) is 18.2 Å². The molecule has 0 heterocycles. The van der Waals surface area contributed by atoms with Crippen molar-refractivity contribution in [3.8, 4) is 0 Å². The van der Waals surface area contributed by atoms with Gasteiger partial charge in [-0.05, 0) is 54.7 Å². The van der Waals surface area contributed by atoms with Crippen LogP contribution in [0.4, 0.5) is 5.69 Å². The topological polar surface area (TPSA) is 84.2 Å². The van der Waals surface area contributed by atoms with Gasteiger partial charge in [0.1, 0.15) is 0 Å². The average molecular weight is 405 g/mol. The number of amides is 2. The molecule has 0 saturated heterocycles. The van der Waals surface area contributed by atoms with E-state index in [0.717, 1.165) is 0 Å². The Kier molecular flexibility index (Phi) is 7.44. The normalized spacial score (nSPS) is 9.58. The lowest BCUT2D eigenvalue weighted by Gasteiger charge is -2.10. The summed E-state index contributed by atoms with van der Waals surface area (Å²) in [5, 5.41) is 6.12. The van der Waals surface area contributed by atoms with Gasteiger partial charge in [0.05, 0.1) is 0 Å². The van der Waals surface area contributed by atoms with Crippen molar-refractivity contribution in [1.29, 1.82) is 0 Å². The molecular formula is C15H12Cl3N3O2S. The molecule has 9 heteroatoms. The highest BCUT2D eigenvalue weighted by atomic mass is 35.5. The first-order valence-corrected chi connectivity index (χ1v) is 7.50. The van der Waals surface area contributed by atoms with Crippen LogP contribution in [0.1, 0.15) is 20.7 Å². The van der Waals surface area contributed by atoms with Gasteiger partial charge in [-0.1, -0.05) is 23.2 Å². The highest BCUT2D eigenvalue weighted by Gasteiger charge is 2.10. The Balaban J connectivity index is 0.00000288. The quantitative estimate of drug-likeness (QED) is 0.682. The van der Waals surface area contributed by atoms with E-state index in [1.54, 1.807) is 24.3 Å². The third-order valence-corrected chi connectivity index (χ3v) is 3.42. The maximum Gasteiger partial charge on any atom is 0.257 e. The predicted molar refractivity (Wildman–Crippen MR) is 102 cm³/mol. The predicted octanol–water partition coefficient (Wildman–Crippen LogP) is 3.64. The molecule has 126 valence electrons. The van der Waals surface area contributed by atoms with Crippen LogP contribution in [0.3, 0.4) is 0 Å². The van der Waals surface area contributed by atoms with Gasteiger partial charge < -0.3 is 11.1 Å².